The monoisotopic (exact) mass is 520 g/mol. The van der Waals surface area contributed by atoms with Crippen LogP contribution >= 0.6 is 0 Å². The third-order valence-corrected chi connectivity index (χ3v) is 7.90. The van der Waals surface area contributed by atoms with Crippen molar-refractivity contribution in [3.8, 4) is 0 Å². The second-order valence-electron chi connectivity index (χ2n) is 10.5. The molecule has 0 aromatic heterocycles. The lowest BCUT2D eigenvalue weighted by Gasteiger charge is -2.37. The molecule has 3 N–H and O–H groups in total. The van der Waals surface area contributed by atoms with Gasteiger partial charge in [0.15, 0.2) is 0 Å². The van der Waals surface area contributed by atoms with Gasteiger partial charge in [-0.3, -0.25) is 19.2 Å². The number of anilines is 3. The van der Waals surface area contributed by atoms with Gasteiger partial charge in [-0.25, -0.2) is 0 Å². The second kappa shape index (κ2) is 11.7. The van der Waals surface area contributed by atoms with E-state index in [2.05, 4.69) is 15.5 Å². The summed E-state index contributed by atoms with van der Waals surface area (Å²) in [6, 6.07) is 14.9. The number of carboxylic acid groups (broad SMARTS) is 1. The largest absolute Gasteiger partial charge is 0.481 e. The molecule has 1 aliphatic carbocycles. The molecule has 1 heterocycles. The summed E-state index contributed by atoms with van der Waals surface area (Å²) in [4.78, 5) is 55.1. The van der Waals surface area contributed by atoms with Gasteiger partial charge < -0.3 is 25.5 Å². The molecule has 4 rings (SSSR count). The maximum absolute atomic E-state index is 13.8. The van der Waals surface area contributed by atoms with Crippen LogP contribution in [0.2, 0.25) is 0 Å². The number of nitrogens with one attached hydrogen (secondary N) is 2. The highest BCUT2D eigenvalue weighted by Crippen LogP contribution is 2.39. The molecule has 202 valence electrons. The number of hydrogen-bond donors (Lipinski definition) is 3. The third-order valence-electron chi connectivity index (χ3n) is 7.90. The first kappa shape index (κ1) is 27.2. The normalized spacial score (nSPS) is 23.4. The molecule has 2 fully saturated rings. The summed E-state index contributed by atoms with van der Waals surface area (Å²) in [5.41, 5.74) is 1.88. The van der Waals surface area contributed by atoms with E-state index in [4.69, 9.17) is 0 Å². The van der Waals surface area contributed by atoms with Gasteiger partial charge in [-0.15, -0.1) is 0 Å². The molecule has 3 amide bonds. The SMILES string of the molecule is CC(=O)Nc1cccc(NC(=O)C2CC(C)C(C)CC2C(=O)O)c1C(=O)N1CCN(c2ccccc2)CC1. The van der Waals surface area contributed by atoms with Crippen molar-refractivity contribution < 1.29 is 24.3 Å². The molecule has 4 unspecified atom stereocenters. The first-order valence-electron chi connectivity index (χ1n) is 13.2. The Balaban J connectivity index is 1.57. The van der Waals surface area contributed by atoms with E-state index in [0.29, 0.717) is 44.7 Å². The lowest BCUT2D eigenvalue weighted by atomic mass is 9.69. The van der Waals surface area contributed by atoms with Crippen molar-refractivity contribution in [2.24, 2.45) is 23.7 Å². The highest BCUT2D eigenvalue weighted by molar-refractivity contribution is 6.10. The molecule has 2 aromatic carbocycles. The molecule has 1 saturated heterocycles. The number of benzene rings is 2. The van der Waals surface area contributed by atoms with Gasteiger partial charge in [0.1, 0.15) is 0 Å². The maximum atomic E-state index is 13.8. The van der Waals surface area contributed by atoms with E-state index in [1.54, 1.807) is 23.1 Å². The molecule has 1 aliphatic heterocycles. The number of para-hydroxylation sites is 1. The Morgan fingerprint density at radius 3 is 1.95 bits per heavy atom. The Morgan fingerprint density at radius 1 is 0.789 bits per heavy atom. The minimum Gasteiger partial charge on any atom is -0.481 e. The average Bonchev–Trinajstić information content (AvgIpc) is 2.90. The van der Waals surface area contributed by atoms with Crippen molar-refractivity contribution in [2.75, 3.05) is 41.7 Å². The van der Waals surface area contributed by atoms with E-state index in [9.17, 15) is 24.3 Å². The van der Waals surface area contributed by atoms with E-state index >= 15 is 0 Å². The van der Waals surface area contributed by atoms with Crippen LogP contribution < -0.4 is 15.5 Å². The van der Waals surface area contributed by atoms with Crippen molar-refractivity contribution in [2.45, 2.75) is 33.6 Å². The lowest BCUT2D eigenvalue weighted by molar-refractivity contribution is -0.149. The molecule has 9 heteroatoms. The minimum absolute atomic E-state index is 0.202. The fourth-order valence-electron chi connectivity index (χ4n) is 5.53. The zero-order chi connectivity index (χ0) is 27.4. The Hall–Kier alpha value is -3.88. The Kier molecular flexibility index (Phi) is 8.34. The van der Waals surface area contributed by atoms with Gasteiger partial charge in [0.2, 0.25) is 11.8 Å². The highest BCUT2D eigenvalue weighted by Gasteiger charge is 2.41. The number of amides is 3. The third kappa shape index (κ3) is 5.98. The number of nitrogens with zero attached hydrogens (tertiary/aromatic N) is 2. The summed E-state index contributed by atoms with van der Waals surface area (Å²) in [6.45, 7) is 7.67. The van der Waals surface area contributed by atoms with Crippen molar-refractivity contribution in [1.29, 1.82) is 0 Å². The molecular formula is C29H36N4O5. The van der Waals surface area contributed by atoms with Gasteiger partial charge in [0, 0.05) is 38.8 Å². The van der Waals surface area contributed by atoms with Crippen LogP contribution in [0.1, 0.15) is 44.0 Å². The number of rotatable bonds is 6. The van der Waals surface area contributed by atoms with Crippen LogP contribution in [-0.4, -0.2) is 59.9 Å². The van der Waals surface area contributed by atoms with Crippen molar-refractivity contribution in [3.05, 3.63) is 54.1 Å². The molecule has 0 radical (unpaired) electrons. The Labute approximate surface area is 223 Å². The Bertz CT molecular complexity index is 1190. The standard InChI is InChI=1S/C29H36N4O5/c1-18-16-22(23(29(37)38)17-19(18)2)27(35)31-25-11-7-10-24(30-20(3)34)26(25)28(36)33-14-12-32(13-15-33)21-8-5-4-6-9-21/h4-11,18-19,22-23H,12-17H2,1-3H3,(H,30,34)(H,31,35)(H,37,38). The molecule has 0 spiro atoms. The molecule has 1 saturated carbocycles. The van der Waals surface area contributed by atoms with Gasteiger partial charge in [-0.05, 0) is 48.9 Å². The summed E-state index contributed by atoms with van der Waals surface area (Å²) in [5.74, 6) is -3.12. The highest BCUT2D eigenvalue weighted by atomic mass is 16.4. The van der Waals surface area contributed by atoms with Crippen LogP contribution in [0, 0.1) is 23.7 Å². The first-order valence-corrected chi connectivity index (χ1v) is 13.2. The fraction of sp³-hybridized carbons (Fsp3) is 0.448. The van der Waals surface area contributed by atoms with Gasteiger partial charge in [-0.2, -0.15) is 0 Å². The van der Waals surface area contributed by atoms with Crippen LogP contribution in [0.5, 0.6) is 0 Å². The summed E-state index contributed by atoms with van der Waals surface area (Å²) < 4.78 is 0. The van der Waals surface area contributed by atoms with Crippen molar-refractivity contribution in [1.82, 2.24) is 4.90 Å². The molecular weight excluding hydrogens is 484 g/mol. The summed E-state index contributed by atoms with van der Waals surface area (Å²) >= 11 is 0. The predicted octanol–water partition coefficient (Wildman–Crippen LogP) is 3.93. The van der Waals surface area contributed by atoms with E-state index in [1.807, 2.05) is 44.2 Å². The fourth-order valence-corrected chi connectivity index (χ4v) is 5.53. The number of piperazine rings is 1. The van der Waals surface area contributed by atoms with E-state index in [1.165, 1.54) is 6.92 Å². The van der Waals surface area contributed by atoms with Gasteiger partial charge in [0.25, 0.3) is 5.91 Å². The lowest BCUT2D eigenvalue weighted by Crippen LogP contribution is -2.49. The van der Waals surface area contributed by atoms with Crippen LogP contribution in [0.4, 0.5) is 17.1 Å². The van der Waals surface area contributed by atoms with E-state index in [0.717, 1.165) is 5.69 Å². The number of carboxylic acids is 1. The van der Waals surface area contributed by atoms with Gasteiger partial charge in [0.05, 0.1) is 28.8 Å². The van der Waals surface area contributed by atoms with Crippen molar-refractivity contribution in [3.63, 3.8) is 0 Å². The number of carbonyl (C=O) groups is 4. The van der Waals surface area contributed by atoms with Crippen LogP contribution in [0.15, 0.2) is 48.5 Å². The zero-order valence-corrected chi connectivity index (χ0v) is 22.1. The van der Waals surface area contributed by atoms with E-state index < -0.39 is 23.7 Å². The van der Waals surface area contributed by atoms with Gasteiger partial charge in [-0.1, -0.05) is 38.1 Å². The zero-order valence-electron chi connectivity index (χ0n) is 22.1. The number of carbonyl (C=O) groups excluding carboxylic acids is 3. The predicted molar refractivity (Wildman–Crippen MR) is 146 cm³/mol. The van der Waals surface area contributed by atoms with Crippen LogP contribution in [0.3, 0.4) is 0 Å². The minimum atomic E-state index is -0.983. The van der Waals surface area contributed by atoms with Crippen LogP contribution in [0.25, 0.3) is 0 Å². The Morgan fingerprint density at radius 2 is 1.37 bits per heavy atom. The molecule has 38 heavy (non-hydrogen) atoms. The first-order chi connectivity index (χ1) is 18.2. The average molecular weight is 521 g/mol. The molecule has 2 aliphatic rings. The molecule has 4 atom stereocenters. The van der Waals surface area contributed by atoms with Crippen molar-refractivity contribution >= 4 is 40.8 Å². The summed E-state index contributed by atoms with van der Waals surface area (Å²) in [7, 11) is 0. The molecule has 2 aromatic rings. The van der Waals surface area contributed by atoms with Crippen LogP contribution in [-0.2, 0) is 14.4 Å². The number of aliphatic carboxylic acids is 1. The van der Waals surface area contributed by atoms with Gasteiger partial charge >= 0.3 is 5.97 Å². The maximum Gasteiger partial charge on any atom is 0.307 e. The topological polar surface area (TPSA) is 119 Å². The number of hydrogen-bond acceptors (Lipinski definition) is 5. The van der Waals surface area contributed by atoms with E-state index in [-0.39, 0.29) is 34.9 Å². The summed E-state index contributed by atoms with van der Waals surface area (Å²) in [5, 5.41) is 15.4. The molecule has 9 nitrogen and oxygen atoms in total. The second-order valence-corrected chi connectivity index (χ2v) is 10.5. The molecule has 0 bridgehead atoms. The smallest absolute Gasteiger partial charge is 0.307 e. The summed E-state index contributed by atoms with van der Waals surface area (Å²) in [6.07, 6.45) is 0.887. The quantitative estimate of drug-likeness (QED) is 0.531.